The van der Waals surface area contributed by atoms with Gasteiger partial charge in [0.2, 0.25) is 0 Å². The van der Waals surface area contributed by atoms with Crippen LogP contribution in [-0.4, -0.2) is 15.0 Å². The number of hydrogen-bond acceptors (Lipinski definition) is 3. The maximum atomic E-state index is 9.67. The first kappa shape index (κ1) is 42.8. The van der Waals surface area contributed by atoms with Crippen LogP contribution in [-0.2, 0) is 62.9 Å². The first-order valence-corrected chi connectivity index (χ1v) is 22.7. The van der Waals surface area contributed by atoms with Gasteiger partial charge >= 0.3 is 20.1 Å². The molecular weight excluding hydrogens is 979 g/mol. The van der Waals surface area contributed by atoms with E-state index in [0.29, 0.717) is 24.1 Å². The van der Waals surface area contributed by atoms with E-state index in [-0.39, 0.29) is 36.6 Å². The van der Waals surface area contributed by atoms with Crippen LogP contribution < -0.4 is 0 Å². The summed E-state index contributed by atoms with van der Waals surface area (Å²) in [5.41, 5.74) is 14.5. The topological polar surface area (TPSA) is 38.7 Å². The normalized spacial score (nSPS) is 13.2. The molecule has 3 aromatic heterocycles. The Morgan fingerprint density at radius 3 is 1.39 bits per heavy atom. The van der Waals surface area contributed by atoms with Gasteiger partial charge in [0.1, 0.15) is 0 Å². The van der Waals surface area contributed by atoms with Crippen LogP contribution in [0, 0.1) is 37.5 Å². The van der Waals surface area contributed by atoms with Crippen molar-refractivity contribution < 1.29 is 25.6 Å². The number of rotatable bonds is 14. The van der Waals surface area contributed by atoms with Crippen molar-refractivity contribution in [1.29, 1.82) is 0 Å². The molecule has 0 atom stereocenters. The van der Waals surface area contributed by atoms with Gasteiger partial charge in [-0.1, -0.05) is 141 Å². The zero-order chi connectivity index (χ0) is 49.4. The number of nitrogens with zero attached hydrogens (tertiary/aromatic N) is 3. The summed E-state index contributed by atoms with van der Waals surface area (Å²) in [6.45, 7) is 19.5. The van der Waals surface area contributed by atoms with Crippen LogP contribution in [0.2, 0.25) is 0 Å². The Hall–Kier alpha value is -5.80. The zero-order valence-electron chi connectivity index (χ0n) is 43.7. The van der Waals surface area contributed by atoms with Crippen LogP contribution in [0.3, 0.4) is 0 Å². The molecule has 0 spiro atoms. The van der Waals surface area contributed by atoms with E-state index < -0.39 is 23.6 Å². The van der Waals surface area contributed by atoms with Gasteiger partial charge in [-0.05, 0) is 110 Å². The van der Waals surface area contributed by atoms with Gasteiger partial charge in [0.15, 0.2) is 0 Å². The van der Waals surface area contributed by atoms with Crippen molar-refractivity contribution in [2.75, 3.05) is 0 Å². The number of benzene rings is 5. The molecule has 5 aromatic carbocycles. The van der Waals surface area contributed by atoms with Crippen molar-refractivity contribution in [2.45, 2.75) is 105 Å². The number of aryl methyl sites for hydroxylation is 4. The summed E-state index contributed by atoms with van der Waals surface area (Å²) < 4.78 is 38.4. The molecule has 0 aliphatic heterocycles. The molecule has 0 aliphatic carbocycles. The van der Waals surface area contributed by atoms with Gasteiger partial charge < -0.3 is 15.0 Å². The van der Waals surface area contributed by atoms with Crippen molar-refractivity contribution in [3.05, 3.63) is 220 Å². The minimum absolute atomic E-state index is 0. The van der Waals surface area contributed by atoms with E-state index in [2.05, 4.69) is 126 Å². The molecule has 3 heterocycles. The SMILES string of the molecule is [2H]C([2H])(c1c[c-]c(-c2cc(-c3ccc(CC(C)(C)C)cc3)ccn2)cc1)C([2H])([2H])c1cc(CC(C)(C)c2ccc(-c3[c-]cc(C)cc3)nc2)cc(CC(C)(C)c2ccc(-c3[c-]cc(C)cc3)nc2)c1.[Ir+3]. The molecule has 0 N–H and O–H groups in total. The van der Waals surface area contributed by atoms with Gasteiger partial charge in [-0.2, -0.15) is 0 Å². The molecule has 0 amide bonds. The third-order valence-electron chi connectivity index (χ3n) is 12.1. The average Bonchev–Trinajstić information content (AvgIpc) is 3.31. The smallest absolute Gasteiger partial charge is 0.305 e. The van der Waals surface area contributed by atoms with Crippen molar-refractivity contribution in [3.8, 4) is 44.9 Å². The van der Waals surface area contributed by atoms with Crippen molar-refractivity contribution in [1.82, 2.24) is 15.0 Å². The molecular formula is C62H62IrN3. The molecule has 66 heavy (non-hydrogen) atoms. The van der Waals surface area contributed by atoms with Crippen LogP contribution in [0.25, 0.3) is 44.9 Å². The minimum Gasteiger partial charge on any atom is -0.305 e. The second kappa shape index (κ2) is 20.4. The third kappa shape index (κ3) is 12.3. The van der Waals surface area contributed by atoms with E-state index in [1.165, 1.54) is 5.56 Å². The fraction of sp³-hybridized carbons (Fsp3) is 0.274. The molecule has 0 bridgehead atoms. The van der Waals surface area contributed by atoms with Crippen LogP contribution in [0.5, 0.6) is 0 Å². The quantitative estimate of drug-likeness (QED) is 0.102. The Labute approximate surface area is 414 Å². The van der Waals surface area contributed by atoms with E-state index >= 15 is 0 Å². The van der Waals surface area contributed by atoms with Crippen molar-refractivity contribution in [2.24, 2.45) is 5.41 Å². The third-order valence-corrected chi connectivity index (χ3v) is 12.1. The molecule has 0 unspecified atom stereocenters. The molecule has 0 saturated heterocycles. The number of aromatic nitrogens is 3. The van der Waals surface area contributed by atoms with Gasteiger partial charge in [-0.25, -0.2) is 0 Å². The maximum absolute atomic E-state index is 9.67. The van der Waals surface area contributed by atoms with E-state index in [4.69, 9.17) is 9.97 Å². The summed E-state index contributed by atoms with van der Waals surface area (Å²) in [5.74, 6) is 0. The monoisotopic (exact) mass is 1050 g/mol. The largest absolute Gasteiger partial charge is 3.00 e. The van der Waals surface area contributed by atoms with E-state index in [1.807, 2.05) is 86.9 Å². The molecule has 4 heteroatoms. The maximum Gasteiger partial charge on any atom is 3.00 e. The Morgan fingerprint density at radius 2 is 0.924 bits per heavy atom. The molecule has 0 aliphatic rings. The Morgan fingerprint density at radius 1 is 0.439 bits per heavy atom. The summed E-state index contributed by atoms with van der Waals surface area (Å²) in [4.78, 5) is 14.3. The summed E-state index contributed by atoms with van der Waals surface area (Å²) >= 11 is 0. The number of pyridine rings is 3. The molecule has 0 saturated carbocycles. The Bertz CT molecular complexity index is 2910. The molecule has 0 radical (unpaired) electrons. The van der Waals surface area contributed by atoms with Gasteiger partial charge in [-0.3, -0.25) is 0 Å². The van der Waals surface area contributed by atoms with E-state index in [9.17, 15) is 5.48 Å². The molecule has 3 nitrogen and oxygen atoms in total. The standard InChI is InChI=1S/C62H62N3.Ir/c1-43-10-20-51(21-11-43)57-30-28-55(41-64-57)61(6,7)39-48-34-47(35-49(36-48)40-62(8,9)56-29-31-58(65-42-56)52-22-12-44(2)13-23-52)15-14-45-16-26-53(27-17-45)59-37-54(32-33-63-59)50-24-18-46(19-25-50)38-60(3,4)5;/h10-13,16-20,22,24-26,28-37,41-42H,14-15,38-40H2,1-9H3;/q-3;+3/i14D2,15D2;. The minimum atomic E-state index is -2.43. The summed E-state index contributed by atoms with van der Waals surface area (Å²) in [6, 6.07) is 53.9. The van der Waals surface area contributed by atoms with Crippen LogP contribution >= 0.6 is 0 Å². The van der Waals surface area contributed by atoms with Crippen molar-refractivity contribution in [3.63, 3.8) is 0 Å². The predicted molar refractivity (Wildman–Crippen MR) is 271 cm³/mol. The van der Waals surface area contributed by atoms with Gasteiger partial charge in [0.05, 0.1) is 0 Å². The summed E-state index contributed by atoms with van der Waals surface area (Å²) in [6.07, 6.45) is 2.93. The van der Waals surface area contributed by atoms with Crippen LogP contribution in [0.4, 0.5) is 0 Å². The summed E-state index contributed by atoms with van der Waals surface area (Å²) in [5, 5.41) is 0. The van der Waals surface area contributed by atoms with Gasteiger partial charge in [-0.15, -0.1) is 106 Å². The second-order valence-electron chi connectivity index (χ2n) is 20.2. The Balaban J connectivity index is 0.00000722. The molecule has 8 rings (SSSR count). The van der Waals surface area contributed by atoms with E-state index in [1.54, 1.807) is 24.4 Å². The molecule has 8 aromatic rings. The first-order chi connectivity index (χ1) is 32.6. The molecule has 334 valence electrons. The van der Waals surface area contributed by atoms with Gasteiger partial charge in [0, 0.05) is 24.1 Å². The van der Waals surface area contributed by atoms with Gasteiger partial charge in [0.25, 0.3) is 0 Å². The summed E-state index contributed by atoms with van der Waals surface area (Å²) in [7, 11) is 0. The second-order valence-corrected chi connectivity index (χ2v) is 20.2. The Kier molecular flexibility index (Phi) is 13.2. The van der Waals surface area contributed by atoms with Crippen LogP contribution in [0.1, 0.15) is 104 Å². The van der Waals surface area contributed by atoms with Crippen LogP contribution in [0.15, 0.2) is 152 Å². The van der Waals surface area contributed by atoms with Crippen molar-refractivity contribution >= 4 is 0 Å². The number of hydrogen-bond donors (Lipinski definition) is 0. The predicted octanol–water partition coefficient (Wildman–Crippen LogP) is 15.0. The zero-order valence-corrected chi connectivity index (χ0v) is 42.1. The average molecular weight is 1050 g/mol. The fourth-order valence-electron chi connectivity index (χ4n) is 8.49. The molecule has 0 fully saturated rings. The van der Waals surface area contributed by atoms with E-state index in [0.717, 1.165) is 73.4 Å². The fourth-order valence-corrected chi connectivity index (χ4v) is 8.49. The first-order valence-electron chi connectivity index (χ1n) is 24.7.